The second-order valence-electron chi connectivity index (χ2n) is 4.49. The highest BCUT2D eigenvalue weighted by molar-refractivity contribution is 9.10. The fourth-order valence-electron chi connectivity index (χ4n) is 1.64. The molecule has 0 bridgehead atoms. The first-order valence-corrected chi connectivity index (χ1v) is 7.59. The number of carbonyl (C=O) groups is 2. The first-order valence-electron chi connectivity index (χ1n) is 6.42. The van der Waals surface area contributed by atoms with Crippen LogP contribution in [-0.4, -0.2) is 50.6 Å². The summed E-state index contributed by atoms with van der Waals surface area (Å²) < 4.78 is 5.61. The van der Waals surface area contributed by atoms with E-state index in [1.165, 1.54) is 4.90 Å². The van der Waals surface area contributed by atoms with Crippen LogP contribution in [0.4, 0.5) is 0 Å². The molecule has 5 nitrogen and oxygen atoms in total. The average molecular weight is 378 g/mol. The Hall–Kier alpha value is -1.11. The van der Waals surface area contributed by atoms with Crippen LogP contribution in [0.25, 0.3) is 0 Å². The number of methoxy groups -OCH3 is 1. The quantitative estimate of drug-likeness (QED) is 0.742. The third kappa shape index (κ3) is 6.03. The van der Waals surface area contributed by atoms with E-state index < -0.39 is 0 Å². The lowest BCUT2D eigenvalue weighted by atomic mass is 10.2. The van der Waals surface area contributed by atoms with Crippen molar-refractivity contribution < 1.29 is 14.3 Å². The first-order chi connectivity index (χ1) is 9.95. The molecule has 0 aromatic heterocycles. The second-order valence-corrected chi connectivity index (χ2v) is 5.75. The minimum atomic E-state index is -0.253. The number of rotatable bonds is 7. The number of nitrogens with zero attached hydrogens (tertiary/aromatic N) is 1. The lowest BCUT2D eigenvalue weighted by Crippen LogP contribution is -2.38. The van der Waals surface area contributed by atoms with E-state index in [2.05, 4.69) is 21.2 Å². The molecule has 116 valence electrons. The summed E-state index contributed by atoms with van der Waals surface area (Å²) in [5.41, 5.74) is 0.442. The van der Waals surface area contributed by atoms with Crippen LogP contribution in [0, 0.1) is 0 Å². The molecule has 0 unspecified atom stereocenters. The van der Waals surface area contributed by atoms with Crippen LogP contribution in [-0.2, 0) is 9.53 Å². The van der Waals surface area contributed by atoms with Crippen LogP contribution in [0.1, 0.15) is 16.8 Å². The fourth-order valence-corrected chi connectivity index (χ4v) is 2.06. The molecule has 0 saturated heterocycles. The summed E-state index contributed by atoms with van der Waals surface area (Å²) in [6.45, 7) is 1.12. The van der Waals surface area contributed by atoms with Crippen molar-refractivity contribution in [3.8, 4) is 0 Å². The van der Waals surface area contributed by atoms with Gasteiger partial charge in [-0.15, -0.1) is 0 Å². The van der Waals surface area contributed by atoms with E-state index in [0.29, 0.717) is 23.7 Å². The highest BCUT2D eigenvalue weighted by atomic mass is 79.9. The molecule has 0 aliphatic rings. The molecule has 21 heavy (non-hydrogen) atoms. The predicted octanol–water partition coefficient (Wildman–Crippen LogP) is 2.33. The minimum absolute atomic E-state index is 0.000498. The van der Waals surface area contributed by atoms with Crippen molar-refractivity contribution in [1.29, 1.82) is 0 Å². The molecule has 0 radical (unpaired) electrons. The van der Waals surface area contributed by atoms with Gasteiger partial charge in [-0.1, -0.05) is 11.6 Å². The first kappa shape index (κ1) is 17.9. The number of ether oxygens (including phenoxy) is 1. The van der Waals surface area contributed by atoms with E-state index in [0.717, 1.165) is 10.9 Å². The van der Waals surface area contributed by atoms with Gasteiger partial charge in [-0.05, 0) is 40.5 Å². The predicted molar refractivity (Wildman–Crippen MR) is 85.6 cm³/mol. The molecule has 0 atom stereocenters. The summed E-state index contributed by atoms with van der Waals surface area (Å²) in [6, 6.07) is 4.93. The Bertz CT molecular complexity index is 511. The number of amides is 2. The molecular formula is C14H18BrClN2O3. The molecule has 0 aliphatic carbocycles. The van der Waals surface area contributed by atoms with Crippen molar-refractivity contribution in [1.82, 2.24) is 10.2 Å². The molecule has 0 heterocycles. The normalized spacial score (nSPS) is 10.3. The maximum atomic E-state index is 12.2. The van der Waals surface area contributed by atoms with Crippen molar-refractivity contribution >= 4 is 39.3 Å². The Morgan fingerprint density at radius 3 is 2.76 bits per heavy atom. The van der Waals surface area contributed by atoms with Crippen LogP contribution >= 0.6 is 27.5 Å². The number of carbonyl (C=O) groups excluding carboxylic acids is 2. The van der Waals surface area contributed by atoms with Gasteiger partial charge >= 0.3 is 0 Å². The van der Waals surface area contributed by atoms with E-state index in [4.69, 9.17) is 16.3 Å². The highest BCUT2D eigenvalue weighted by Gasteiger charge is 2.15. The van der Waals surface area contributed by atoms with E-state index in [-0.39, 0.29) is 18.4 Å². The third-order valence-corrected chi connectivity index (χ3v) is 3.97. The summed E-state index contributed by atoms with van der Waals surface area (Å²) in [4.78, 5) is 25.2. The van der Waals surface area contributed by atoms with Gasteiger partial charge in [0.2, 0.25) is 5.91 Å². The zero-order valence-electron chi connectivity index (χ0n) is 12.0. The number of hydrogen-bond donors (Lipinski definition) is 1. The molecule has 2 amide bonds. The lowest BCUT2D eigenvalue weighted by Gasteiger charge is -2.17. The SMILES string of the molecule is COCCCNC(=O)CN(C)C(=O)c1ccc(Br)c(Cl)c1. The van der Waals surface area contributed by atoms with Gasteiger partial charge in [-0.3, -0.25) is 9.59 Å². The topological polar surface area (TPSA) is 58.6 Å². The van der Waals surface area contributed by atoms with Crippen LogP contribution in [0.15, 0.2) is 22.7 Å². The smallest absolute Gasteiger partial charge is 0.254 e. The van der Waals surface area contributed by atoms with Crippen molar-refractivity contribution in [3.63, 3.8) is 0 Å². The van der Waals surface area contributed by atoms with Gasteiger partial charge in [0, 0.05) is 37.3 Å². The molecule has 1 rings (SSSR count). The molecule has 1 N–H and O–H groups in total. The average Bonchev–Trinajstić information content (AvgIpc) is 2.45. The van der Waals surface area contributed by atoms with Crippen molar-refractivity contribution in [3.05, 3.63) is 33.3 Å². The zero-order valence-corrected chi connectivity index (χ0v) is 14.3. The van der Waals surface area contributed by atoms with Gasteiger partial charge in [0.25, 0.3) is 5.91 Å². The molecule has 1 aromatic carbocycles. The van der Waals surface area contributed by atoms with Crippen molar-refractivity contribution in [2.24, 2.45) is 0 Å². The van der Waals surface area contributed by atoms with Crippen LogP contribution < -0.4 is 5.32 Å². The number of likely N-dealkylation sites (N-methyl/N-ethyl adjacent to an activating group) is 1. The summed E-state index contributed by atoms with van der Waals surface area (Å²) in [6.07, 6.45) is 0.738. The standard InChI is InChI=1S/C14H18BrClN2O3/c1-18(9-13(19)17-6-3-7-21-2)14(20)10-4-5-11(15)12(16)8-10/h4-5,8H,3,6-7,9H2,1-2H3,(H,17,19). The third-order valence-electron chi connectivity index (χ3n) is 2.74. The van der Waals surface area contributed by atoms with Gasteiger partial charge in [0.05, 0.1) is 11.6 Å². The molecular weight excluding hydrogens is 360 g/mol. The van der Waals surface area contributed by atoms with Crippen molar-refractivity contribution in [2.45, 2.75) is 6.42 Å². The van der Waals surface area contributed by atoms with E-state index in [9.17, 15) is 9.59 Å². The minimum Gasteiger partial charge on any atom is -0.385 e. The summed E-state index contributed by atoms with van der Waals surface area (Å²) in [5.74, 6) is -0.457. The fraction of sp³-hybridized carbons (Fsp3) is 0.429. The monoisotopic (exact) mass is 376 g/mol. The van der Waals surface area contributed by atoms with Gasteiger partial charge in [0.15, 0.2) is 0 Å². The highest BCUT2D eigenvalue weighted by Crippen LogP contribution is 2.23. The summed E-state index contributed by atoms with van der Waals surface area (Å²) >= 11 is 9.22. The van der Waals surface area contributed by atoms with Gasteiger partial charge in [-0.2, -0.15) is 0 Å². The number of benzene rings is 1. The van der Waals surface area contributed by atoms with Gasteiger partial charge in [-0.25, -0.2) is 0 Å². The van der Waals surface area contributed by atoms with E-state index in [1.54, 1.807) is 32.4 Å². The molecule has 7 heteroatoms. The van der Waals surface area contributed by atoms with Crippen LogP contribution in [0.2, 0.25) is 5.02 Å². The zero-order chi connectivity index (χ0) is 15.8. The number of nitrogens with one attached hydrogen (secondary N) is 1. The Balaban J connectivity index is 2.50. The molecule has 0 saturated carbocycles. The Morgan fingerprint density at radius 1 is 1.43 bits per heavy atom. The summed E-state index contributed by atoms with van der Waals surface area (Å²) in [5, 5.41) is 3.19. The Morgan fingerprint density at radius 2 is 2.14 bits per heavy atom. The van der Waals surface area contributed by atoms with E-state index >= 15 is 0 Å². The Labute approximate surface area is 137 Å². The number of halogens is 2. The summed E-state index contributed by atoms with van der Waals surface area (Å²) in [7, 11) is 3.19. The maximum absolute atomic E-state index is 12.2. The second kappa shape index (κ2) is 9.02. The number of hydrogen-bond acceptors (Lipinski definition) is 3. The van der Waals surface area contributed by atoms with Gasteiger partial charge in [0.1, 0.15) is 0 Å². The van der Waals surface area contributed by atoms with Crippen LogP contribution in [0.3, 0.4) is 0 Å². The van der Waals surface area contributed by atoms with Gasteiger partial charge < -0.3 is 15.0 Å². The lowest BCUT2D eigenvalue weighted by molar-refractivity contribution is -0.121. The maximum Gasteiger partial charge on any atom is 0.254 e. The van der Waals surface area contributed by atoms with Crippen LogP contribution in [0.5, 0.6) is 0 Å². The largest absolute Gasteiger partial charge is 0.385 e. The van der Waals surface area contributed by atoms with E-state index in [1.807, 2.05) is 0 Å². The van der Waals surface area contributed by atoms with Crippen molar-refractivity contribution in [2.75, 3.05) is 33.9 Å². The Kier molecular flexibility index (Phi) is 7.71. The molecule has 0 aliphatic heterocycles. The molecule has 0 spiro atoms. The molecule has 1 aromatic rings. The molecule has 0 fully saturated rings.